The van der Waals surface area contributed by atoms with Gasteiger partial charge in [0.25, 0.3) is 0 Å². The van der Waals surface area contributed by atoms with Gasteiger partial charge in [-0.05, 0) is 18.8 Å². The van der Waals surface area contributed by atoms with Crippen molar-refractivity contribution in [3.8, 4) is 0 Å². The lowest BCUT2D eigenvalue weighted by atomic mass is 9.94. The van der Waals surface area contributed by atoms with Gasteiger partial charge in [-0.3, -0.25) is 16.0 Å². The molecular formula is C12H24N4. The molecule has 0 amide bonds. The summed E-state index contributed by atoms with van der Waals surface area (Å²) in [5, 5.41) is 4.45. The Kier molecular flexibility index (Phi) is 4.96. The van der Waals surface area contributed by atoms with Gasteiger partial charge in [0.15, 0.2) is 0 Å². The smallest absolute Gasteiger partial charge is 0.0670 e. The first-order chi connectivity index (χ1) is 7.62. The topological polar surface area (TPSA) is 55.9 Å². The molecule has 1 rings (SSSR count). The van der Waals surface area contributed by atoms with Gasteiger partial charge in [0.1, 0.15) is 0 Å². The summed E-state index contributed by atoms with van der Waals surface area (Å²) in [5.41, 5.74) is 5.31. The Labute approximate surface area is 98.2 Å². The molecule has 92 valence electrons. The zero-order valence-corrected chi connectivity index (χ0v) is 10.8. The van der Waals surface area contributed by atoms with Gasteiger partial charge in [0.2, 0.25) is 0 Å². The average molecular weight is 224 g/mol. The van der Waals surface area contributed by atoms with Gasteiger partial charge in [-0.2, -0.15) is 5.10 Å². The largest absolute Gasteiger partial charge is 0.275 e. The Bertz CT molecular complexity index is 319. The predicted molar refractivity (Wildman–Crippen MR) is 66.7 cm³/mol. The van der Waals surface area contributed by atoms with Crippen LogP contribution in [0.4, 0.5) is 0 Å². The summed E-state index contributed by atoms with van der Waals surface area (Å²) >= 11 is 0. The van der Waals surface area contributed by atoms with E-state index in [9.17, 15) is 0 Å². The van der Waals surface area contributed by atoms with Crippen LogP contribution in [0.1, 0.15) is 50.9 Å². The standard InChI is InChI=1S/C12H24N4/c1-5-9(3)7-12(14-13)10-8-16(4)15-11(10)6-2/h8-9,12,14H,5-7,13H2,1-4H3. The van der Waals surface area contributed by atoms with Crippen molar-refractivity contribution in [2.24, 2.45) is 18.8 Å². The first kappa shape index (κ1) is 13.2. The average Bonchev–Trinajstić information content (AvgIpc) is 2.66. The van der Waals surface area contributed by atoms with E-state index in [1.165, 1.54) is 12.0 Å². The molecule has 2 unspecified atom stereocenters. The molecule has 4 heteroatoms. The zero-order valence-electron chi connectivity index (χ0n) is 10.8. The van der Waals surface area contributed by atoms with E-state index in [-0.39, 0.29) is 6.04 Å². The minimum absolute atomic E-state index is 0.221. The van der Waals surface area contributed by atoms with Crippen molar-refractivity contribution < 1.29 is 0 Å². The Balaban J connectivity index is 2.85. The second kappa shape index (κ2) is 6.01. The van der Waals surface area contributed by atoms with Crippen LogP contribution in [0.25, 0.3) is 0 Å². The molecule has 0 aliphatic rings. The molecule has 1 heterocycles. The van der Waals surface area contributed by atoms with Crippen molar-refractivity contribution >= 4 is 0 Å². The van der Waals surface area contributed by atoms with E-state index in [4.69, 9.17) is 5.84 Å². The van der Waals surface area contributed by atoms with Crippen LogP contribution in [0.5, 0.6) is 0 Å². The highest BCUT2D eigenvalue weighted by Gasteiger charge is 2.18. The maximum absolute atomic E-state index is 5.65. The van der Waals surface area contributed by atoms with Crippen molar-refractivity contribution in [1.29, 1.82) is 0 Å². The van der Waals surface area contributed by atoms with E-state index in [0.717, 1.165) is 18.5 Å². The van der Waals surface area contributed by atoms with Gasteiger partial charge in [-0.25, -0.2) is 0 Å². The lowest BCUT2D eigenvalue weighted by molar-refractivity contribution is 0.406. The monoisotopic (exact) mass is 224 g/mol. The molecule has 0 radical (unpaired) electrons. The molecule has 0 fully saturated rings. The van der Waals surface area contributed by atoms with E-state index in [0.29, 0.717) is 5.92 Å². The summed E-state index contributed by atoms with van der Waals surface area (Å²) in [5.74, 6) is 6.33. The maximum atomic E-state index is 5.65. The van der Waals surface area contributed by atoms with Crippen molar-refractivity contribution in [1.82, 2.24) is 15.2 Å². The number of hydrogen-bond donors (Lipinski definition) is 2. The summed E-state index contributed by atoms with van der Waals surface area (Å²) in [7, 11) is 1.96. The minimum atomic E-state index is 0.221. The highest BCUT2D eigenvalue weighted by Crippen LogP contribution is 2.24. The molecule has 0 aliphatic heterocycles. The van der Waals surface area contributed by atoms with Crippen LogP contribution in [0.2, 0.25) is 0 Å². The molecule has 0 saturated heterocycles. The Morgan fingerprint density at radius 1 is 1.50 bits per heavy atom. The molecule has 0 aromatic carbocycles. The molecule has 0 spiro atoms. The fourth-order valence-electron chi connectivity index (χ4n) is 1.97. The highest BCUT2D eigenvalue weighted by molar-refractivity contribution is 5.21. The number of aromatic nitrogens is 2. The predicted octanol–water partition coefficient (Wildman–Crippen LogP) is 1.92. The molecule has 4 nitrogen and oxygen atoms in total. The van der Waals surface area contributed by atoms with Crippen molar-refractivity contribution in [3.05, 3.63) is 17.5 Å². The summed E-state index contributed by atoms with van der Waals surface area (Å²) in [6.07, 6.45) is 5.27. The third-order valence-corrected chi connectivity index (χ3v) is 3.18. The summed E-state index contributed by atoms with van der Waals surface area (Å²) in [4.78, 5) is 0. The van der Waals surface area contributed by atoms with Gasteiger partial charge in [-0.1, -0.05) is 27.2 Å². The van der Waals surface area contributed by atoms with E-state index < -0.39 is 0 Å². The van der Waals surface area contributed by atoms with Crippen LogP contribution in [0, 0.1) is 5.92 Å². The van der Waals surface area contributed by atoms with Gasteiger partial charge in [0, 0.05) is 24.8 Å². The van der Waals surface area contributed by atoms with E-state index in [2.05, 4.69) is 37.5 Å². The number of hydrazine groups is 1. The molecule has 0 bridgehead atoms. The number of nitrogens with zero attached hydrogens (tertiary/aromatic N) is 2. The maximum Gasteiger partial charge on any atom is 0.0670 e. The Morgan fingerprint density at radius 3 is 2.69 bits per heavy atom. The number of aryl methyl sites for hydroxylation is 2. The Morgan fingerprint density at radius 2 is 2.19 bits per heavy atom. The highest BCUT2D eigenvalue weighted by atomic mass is 15.3. The molecule has 2 atom stereocenters. The SMILES string of the molecule is CCc1nn(C)cc1C(CC(C)CC)NN. The molecule has 0 aliphatic carbocycles. The number of rotatable bonds is 6. The summed E-state index contributed by atoms with van der Waals surface area (Å²) in [6, 6.07) is 0.221. The zero-order chi connectivity index (χ0) is 12.1. The van der Waals surface area contributed by atoms with Crippen LogP contribution < -0.4 is 11.3 Å². The minimum Gasteiger partial charge on any atom is -0.275 e. The lowest BCUT2D eigenvalue weighted by Gasteiger charge is -2.19. The van der Waals surface area contributed by atoms with Gasteiger partial charge < -0.3 is 0 Å². The normalized spacial score (nSPS) is 15.1. The third kappa shape index (κ3) is 3.06. The van der Waals surface area contributed by atoms with Gasteiger partial charge in [0.05, 0.1) is 5.69 Å². The molecule has 1 aromatic heterocycles. The second-order valence-corrected chi connectivity index (χ2v) is 4.53. The van der Waals surface area contributed by atoms with Crippen molar-refractivity contribution in [2.75, 3.05) is 0 Å². The molecule has 1 aromatic rings. The molecule has 0 saturated carbocycles. The van der Waals surface area contributed by atoms with Gasteiger partial charge in [-0.15, -0.1) is 0 Å². The number of nitrogens with one attached hydrogen (secondary N) is 1. The van der Waals surface area contributed by atoms with Crippen LogP contribution in [0.15, 0.2) is 6.20 Å². The summed E-state index contributed by atoms with van der Waals surface area (Å²) < 4.78 is 1.87. The molecule has 16 heavy (non-hydrogen) atoms. The lowest BCUT2D eigenvalue weighted by Crippen LogP contribution is -2.29. The first-order valence-electron chi connectivity index (χ1n) is 6.10. The fourth-order valence-corrected chi connectivity index (χ4v) is 1.97. The number of hydrogen-bond acceptors (Lipinski definition) is 3. The van der Waals surface area contributed by atoms with E-state index in [1.54, 1.807) is 0 Å². The molecular weight excluding hydrogens is 200 g/mol. The van der Waals surface area contributed by atoms with Crippen LogP contribution in [-0.4, -0.2) is 9.78 Å². The summed E-state index contributed by atoms with van der Waals surface area (Å²) in [6.45, 7) is 6.59. The van der Waals surface area contributed by atoms with Crippen LogP contribution in [0.3, 0.4) is 0 Å². The van der Waals surface area contributed by atoms with E-state index >= 15 is 0 Å². The van der Waals surface area contributed by atoms with Crippen LogP contribution >= 0.6 is 0 Å². The van der Waals surface area contributed by atoms with Crippen molar-refractivity contribution in [2.45, 2.75) is 46.1 Å². The fraction of sp³-hybridized carbons (Fsp3) is 0.750. The van der Waals surface area contributed by atoms with E-state index in [1.807, 2.05) is 11.7 Å². The first-order valence-corrected chi connectivity index (χ1v) is 6.10. The second-order valence-electron chi connectivity index (χ2n) is 4.53. The van der Waals surface area contributed by atoms with Crippen LogP contribution in [-0.2, 0) is 13.5 Å². The quantitative estimate of drug-likeness (QED) is 0.573. The Hall–Kier alpha value is -0.870. The van der Waals surface area contributed by atoms with Gasteiger partial charge >= 0.3 is 0 Å². The number of nitrogens with two attached hydrogens (primary N) is 1. The third-order valence-electron chi connectivity index (χ3n) is 3.18. The van der Waals surface area contributed by atoms with Crippen molar-refractivity contribution in [3.63, 3.8) is 0 Å². The molecule has 3 N–H and O–H groups in total.